The average Bonchev–Trinajstić information content (AvgIpc) is 0.671. The number of fused-ring (bicyclic) bond motifs is 5. The van der Waals surface area contributed by atoms with E-state index in [1.54, 1.807) is 92.7 Å². The van der Waals surface area contributed by atoms with Gasteiger partial charge in [0.15, 0.2) is 11.9 Å². The molecule has 4 aliphatic carbocycles. The molecule has 17 nitrogen and oxygen atoms in total. The van der Waals surface area contributed by atoms with Crippen molar-refractivity contribution in [2.45, 2.75) is 244 Å². The number of carbonyl (C=O) groups is 8. The molecule has 0 saturated heterocycles. The van der Waals surface area contributed by atoms with Crippen molar-refractivity contribution in [1.29, 1.82) is 0 Å². The van der Waals surface area contributed by atoms with Gasteiger partial charge >= 0.3 is 29.8 Å². The van der Waals surface area contributed by atoms with E-state index >= 15 is 9.59 Å². The molecule has 0 aliphatic heterocycles. The molecule has 17 heteroatoms. The fourth-order valence-corrected chi connectivity index (χ4v) is 15.1. The lowest BCUT2D eigenvalue weighted by atomic mass is 9.41. The summed E-state index contributed by atoms with van der Waals surface area (Å²) >= 11 is 0. The van der Waals surface area contributed by atoms with E-state index in [1.165, 1.54) is 123 Å². The third kappa shape index (κ3) is 16.9. The molecule has 4 aliphatic rings. The molecule has 4 N–H and O–H groups in total. The zero-order valence-electron chi connectivity index (χ0n) is 55.6. The summed E-state index contributed by atoms with van der Waals surface area (Å²) in [7, 11) is 0. The molecule has 0 radical (unpaired) electrons. The van der Waals surface area contributed by atoms with Crippen LogP contribution in [0, 0.1) is 22.7 Å². The minimum atomic E-state index is -2.45. The third-order valence-corrected chi connectivity index (χ3v) is 20.4. The average molecular weight is 1280 g/mol. The molecular weight excluding hydrogens is 1180 g/mol. The molecule has 11 atom stereocenters. The van der Waals surface area contributed by atoms with Crippen LogP contribution in [0.2, 0.25) is 0 Å². The van der Waals surface area contributed by atoms with Gasteiger partial charge in [-0.2, -0.15) is 0 Å². The first kappa shape index (κ1) is 71.4. The first-order chi connectivity index (χ1) is 44.5. The van der Waals surface area contributed by atoms with Crippen LogP contribution < -0.4 is 10.6 Å². The molecule has 3 fully saturated rings. The van der Waals surface area contributed by atoms with Crippen LogP contribution in [0.1, 0.15) is 228 Å². The number of ketones is 1. The Bertz CT molecular complexity index is 3240. The Hall–Kier alpha value is -7.50. The molecule has 0 heterocycles. The molecule has 2 bridgehead atoms. The number of benzene rings is 4. The van der Waals surface area contributed by atoms with Gasteiger partial charge < -0.3 is 44.5 Å². The topological polar surface area (TPSA) is 247 Å². The SMILES string of the molecule is CCCCCCCCCCCCCCCCCCc1ccc(NC(=O)CCC(=O)O[C@@H](C(=O)O[C@H]2C[C@@]3(O)[C@@H](OC(=O)c4ccccc4)[C@@H]4[C@]5(OC(C)=O)CC[C@@H]5CC(O)[C@@]4(C)C(=O)[C@H](OC(C)=O)C(=C2C)C3(C)C)[C@@H](NC(=O)c2ccccc2)c2ccccc2)cc1. The number of carbonyl (C=O) groups excluding carboxylic acids is 8. The van der Waals surface area contributed by atoms with Crippen molar-refractivity contribution in [2.75, 3.05) is 5.32 Å². The summed E-state index contributed by atoms with van der Waals surface area (Å²) < 4.78 is 31.5. The van der Waals surface area contributed by atoms with Crippen LogP contribution in [0.15, 0.2) is 126 Å². The van der Waals surface area contributed by atoms with Crippen molar-refractivity contribution in [3.8, 4) is 0 Å². The third-order valence-electron chi connectivity index (χ3n) is 20.4. The van der Waals surface area contributed by atoms with Gasteiger partial charge in [0.05, 0.1) is 29.4 Å². The number of aliphatic hydroxyl groups excluding tert-OH is 1. The Labute approximate surface area is 548 Å². The molecule has 93 heavy (non-hydrogen) atoms. The lowest BCUT2D eigenvalue weighted by molar-refractivity contribution is -0.296. The van der Waals surface area contributed by atoms with Crippen LogP contribution in [-0.4, -0.2) is 99.4 Å². The van der Waals surface area contributed by atoms with E-state index in [9.17, 15) is 39.0 Å². The Morgan fingerprint density at radius 2 is 1.20 bits per heavy atom. The van der Waals surface area contributed by atoms with E-state index in [-0.39, 0.29) is 41.5 Å². The number of hydrogen-bond donors (Lipinski definition) is 4. The molecular formula is C76H98N2O15. The summed E-state index contributed by atoms with van der Waals surface area (Å²) in [4.78, 5) is 115. The molecule has 4 aromatic carbocycles. The van der Waals surface area contributed by atoms with Crippen LogP contribution >= 0.6 is 0 Å². The van der Waals surface area contributed by atoms with E-state index in [4.69, 9.17) is 23.7 Å². The highest BCUT2D eigenvalue weighted by Crippen LogP contribution is 2.67. The summed E-state index contributed by atoms with van der Waals surface area (Å²) in [6, 6.07) is 30.5. The zero-order valence-corrected chi connectivity index (χ0v) is 55.6. The highest BCUT2D eigenvalue weighted by Gasteiger charge is 2.77. The standard InChI is InChI=1S/C76H98N2O15/c1-8-9-10-11-12-13-14-15-16-17-18-19-20-21-22-26-33-53-40-42-58(43-41-53)77-61(82)44-45-62(83)91-66(64(54-34-27-23-28-35-54)78-70(85)55-36-29-24-30-37-55)72(87)90-59-49-76(88)69(92-71(86)56-38-31-25-32-39-56)67-74(7,60(81)48-57-46-47-75(57,67)93-52(4)80)68(84)65(89-51(3)79)63(50(59)2)73(76,5)6/h23-25,27-32,34-43,57,59-60,64-67,69,81,88H,8-22,26,33,44-49H2,1-7H3,(H,77,82)(H,78,85)/t57-,59+,60?,64+,65-,66-,67+,69+,74-,75+,76-/m1/s1. The summed E-state index contributed by atoms with van der Waals surface area (Å²) in [5, 5.41) is 32.3. The number of rotatable bonds is 32. The number of aliphatic hydroxyl groups is 2. The minimum Gasteiger partial charge on any atom is -0.458 e. The summed E-state index contributed by atoms with van der Waals surface area (Å²) in [5.74, 6) is -8.89. The van der Waals surface area contributed by atoms with Crippen LogP contribution in [0.25, 0.3) is 0 Å². The van der Waals surface area contributed by atoms with Gasteiger partial charge in [0.1, 0.15) is 29.5 Å². The minimum absolute atomic E-state index is 0.0271. The number of ether oxygens (including phenoxy) is 5. The molecule has 0 aromatic heterocycles. The van der Waals surface area contributed by atoms with E-state index in [1.807, 2.05) is 24.3 Å². The lowest BCUT2D eigenvalue weighted by Gasteiger charge is -2.68. The fourth-order valence-electron chi connectivity index (χ4n) is 15.1. The Kier molecular flexibility index (Phi) is 25.0. The van der Waals surface area contributed by atoms with E-state index in [0.717, 1.165) is 31.7 Å². The van der Waals surface area contributed by atoms with Crippen molar-refractivity contribution in [1.82, 2.24) is 5.32 Å². The van der Waals surface area contributed by atoms with Crippen molar-refractivity contribution < 1.29 is 72.3 Å². The maximum atomic E-state index is 15.9. The highest BCUT2D eigenvalue weighted by atomic mass is 16.6. The van der Waals surface area contributed by atoms with Crippen molar-refractivity contribution in [3.63, 3.8) is 0 Å². The molecule has 1 unspecified atom stereocenters. The Balaban J connectivity index is 1.03. The summed E-state index contributed by atoms with van der Waals surface area (Å²) in [6.45, 7) is 10.7. The van der Waals surface area contributed by atoms with Gasteiger partial charge in [-0.05, 0) is 105 Å². The second kappa shape index (κ2) is 32.6. The number of esters is 5. The Morgan fingerprint density at radius 1 is 0.656 bits per heavy atom. The van der Waals surface area contributed by atoms with Gasteiger partial charge in [0.2, 0.25) is 12.0 Å². The number of nitrogens with one attached hydrogen (secondary N) is 2. The van der Waals surface area contributed by atoms with Crippen molar-refractivity contribution in [2.24, 2.45) is 22.7 Å². The lowest BCUT2D eigenvalue weighted by Crippen LogP contribution is -2.78. The fraction of sp³-hybridized carbons (Fsp3) is 0.553. The predicted molar refractivity (Wildman–Crippen MR) is 352 cm³/mol. The molecule has 2 amide bonds. The largest absolute Gasteiger partial charge is 0.458 e. The quantitative estimate of drug-likeness (QED) is 0.0154. The molecule has 3 saturated carbocycles. The maximum Gasteiger partial charge on any atom is 0.350 e. The molecule has 0 spiro atoms. The number of anilines is 1. The number of amides is 2. The van der Waals surface area contributed by atoms with Gasteiger partial charge in [-0.25, -0.2) is 9.59 Å². The predicted octanol–water partition coefficient (Wildman–Crippen LogP) is 13.5. The van der Waals surface area contributed by atoms with Gasteiger partial charge in [-0.3, -0.25) is 28.8 Å². The Morgan fingerprint density at radius 3 is 1.74 bits per heavy atom. The first-order valence-electron chi connectivity index (χ1n) is 34.0. The second-order valence-electron chi connectivity index (χ2n) is 27.1. The number of aryl methyl sites for hydroxylation is 1. The first-order valence-corrected chi connectivity index (χ1v) is 34.0. The van der Waals surface area contributed by atoms with Gasteiger partial charge in [0, 0.05) is 49.3 Å². The van der Waals surface area contributed by atoms with Gasteiger partial charge in [-0.15, -0.1) is 0 Å². The van der Waals surface area contributed by atoms with Gasteiger partial charge in [0.25, 0.3) is 5.91 Å². The van der Waals surface area contributed by atoms with E-state index in [2.05, 4.69) is 17.6 Å². The maximum absolute atomic E-state index is 15.9. The van der Waals surface area contributed by atoms with Gasteiger partial charge in [-0.1, -0.05) is 196 Å². The number of Topliss-reactive ketones (excluding diaryl/α,β-unsaturated/α-hetero) is 1. The van der Waals surface area contributed by atoms with Crippen LogP contribution in [-0.2, 0) is 58.9 Å². The normalized spacial score (nSPS) is 25.0. The number of hydrogen-bond acceptors (Lipinski definition) is 15. The van der Waals surface area contributed by atoms with Crippen molar-refractivity contribution in [3.05, 3.63) is 149 Å². The summed E-state index contributed by atoms with van der Waals surface area (Å²) in [5.41, 5.74) is -5.47. The number of unbranched alkanes of at least 4 members (excludes halogenated alkanes) is 15. The van der Waals surface area contributed by atoms with E-state index in [0.29, 0.717) is 17.7 Å². The van der Waals surface area contributed by atoms with E-state index < -0.39 is 131 Å². The van der Waals surface area contributed by atoms with Crippen molar-refractivity contribution >= 4 is 53.1 Å². The molecule has 502 valence electrons. The summed E-state index contributed by atoms with van der Waals surface area (Å²) in [6.07, 6.45) is 12.0. The highest BCUT2D eigenvalue weighted by molar-refractivity contribution is 5.97. The van der Waals surface area contributed by atoms with Crippen LogP contribution in [0.5, 0.6) is 0 Å². The monoisotopic (exact) mass is 1280 g/mol. The molecule has 4 aromatic rings. The zero-order chi connectivity index (χ0) is 66.9. The molecule has 8 rings (SSSR count). The smallest absolute Gasteiger partial charge is 0.350 e. The van der Waals surface area contributed by atoms with Crippen LogP contribution in [0.4, 0.5) is 5.69 Å². The second-order valence-corrected chi connectivity index (χ2v) is 27.1. The van der Waals surface area contributed by atoms with Crippen LogP contribution in [0.3, 0.4) is 0 Å².